The summed E-state index contributed by atoms with van der Waals surface area (Å²) in [5.41, 5.74) is 3.15. The van der Waals surface area contributed by atoms with Gasteiger partial charge in [0.05, 0.1) is 5.52 Å². The number of fused-ring (bicyclic) bond motifs is 1. The summed E-state index contributed by atoms with van der Waals surface area (Å²) in [5.74, 6) is 0. The first-order valence-corrected chi connectivity index (χ1v) is 9.20. The molecule has 0 radical (unpaired) electrons. The van der Waals surface area contributed by atoms with E-state index in [2.05, 4.69) is 38.2 Å². The van der Waals surface area contributed by atoms with E-state index in [1.54, 1.807) is 20.9 Å². The van der Waals surface area contributed by atoms with Gasteiger partial charge in [-0.1, -0.05) is 0 Å². The van der Waals surface area contributed by atoms with Crippen molar-refractivity contribution in [2.24, 2.45) is 0 Å². The molecule has 0 atom stereocenters. The third kappa shape index (κ3) is 1.89. The van der Waals surface area contributed by atoms with E-state index in [1.165, 1.54) is 5.56 Å². The molecule has 0 aliphatic heterocycles. The zero-order valence-corrected chi connectivity index (χ0v) is 12.6. The minimum absolute atomic E-state index is 0.803. The van der Waals surface area contributed by atoms with Crippen molar-refractivity contribution in [1.29, 1.82) is 0 Å². The van der Waals surface area contributed by atoms with Crippen LogP contribution in [0.4, 0.5) is 0 Å². The molecule has 1 heterocycles. The van der Waals surface area contributed by atoms with Crippen molar-refractivity contribution >= 4 is 59.3 Å². The third-order valence-corrected chi connectivity index (χ3v) is 5.04. The van der Waals surface area contributed by atoms with Crippen LogP contribution in [-0.4, -0.2) is 16.5 Å². The third-order valence-electron chi connectivity index (χ3n) is 2.54. The molecule has 0 aliphatic rings. The van der Waals surface area contributed by atoms with Crippen LogP contribution in [0.5, 0.6) is 0 Å². The van der Waals surface area contributed by atoms with Crippen LogP contribution in [-0.2, 0) is 0 Å². The Labute approximate surface area is 115 Å². The average molecular weight is 363 g/mol. The Balaban J connectivity index is 2.87. The van der Waals surface area contributed by atoms with Gasteiger partial charge in [0, 0.05) is 52.4 Å². The van der Waals surface area contributed by atoms with Gasteiger partial charge in [-0.15, -0.1) is 11.8 Å². The molecule has 0 saturated heterocycles. The molecular weight excluding hydrogens is 353 g/mol. The largest absolute Gasteiger partial charge is 0.298 e. The molecule has 16 heavy (non-hydrogen) atoms. The summed E-state index contributed by atoms with van der Waals surface area (Å²) >= 11 is 3.86. The van der Waals surface area contributed by atoms with Gasteiger partial charge in [0.2, 0.25) is 0 Å². The predicted octanol–water partition coefficient (Wildman–Crippen LogP) is 4.33. The van der Waals surface area contributed by atoms with Gasteiger partial charge in [0.15, 0.2) is 6.29 Å². The van der Waals surface area contributed by atoms with Crippen molar-refractivity contribution in [2.75, 3.05) is 6.26 Å². The van der Waals surface area contributed by atoms with Crippen molar-refractivity contribution in [3.8, 4) is 0 Å². The quantitative estimate of drug-likeness (QED) is 0.460. The first kappa shape index (κ1) is 12.3. The van der Waals surface area contributed by atoms with E-state index in [-0.39, 0.29) is 0 Å². The van der Waals surface area contributed by atoms with Crippen LogP contribution in [0.3, 0.4) is 0 Å². The molecule has 1 aromatic carbocycles. The minimum Gasteiger partial charge on any atom is -0.298 e. The lowest BCUT2D eigenvalue weighted by Crippen LogP contribution is -1.91. The summed E-state index contributed by atoms with van der Waals surface area (Å²) in [6.45, 7) is 2.08. The van der Waals surface area contributed by atoms with Gasteiger partial charge in [-0.3, -0.25) is 8.77 Å². The van der Waals surface area contributed by atoms with E-state index >= 15 is 0 Å². The fourth-order valence-corrected chi connectivity index (χ4v) is 3.92. The van der Waals surface area contributed by atoms with Crippen LogP contribution in [0.15, 0.2) is 23.2 Å². The summed E-state index contributed by atoms with van der Waals surface area (Å²) in [6.07, 6.45) is 4.96. The highest BCUT2D eigenvalue weighted by Gasteiger charge is 2.12. The Kier molecular flexibility index (Phi) is 3.86. The number of halogens is 1. The molecule has 2 nitrogen and oxygen atoms in total. The summed E-state index contributed by atoms with van der Waals surface area (Å²) in [6, 6.07) is 4.09. The number of aromatic nitrogens is 1. The van der Waals surface area contributed by atoms with E-state index < -0.39 is 0 Å². The molecule has 0 N–H and O–H groups in total. The second kappa shape index (κ2) is 5.01. The fraction of sp³-hybridized carbons (Fsp3) is 0.182. The second-order valence-electron chi connectivity index (χ2n) is 3.40. The molecule has 84 valence electrons. The summed E-state index contributed by atoms with van der Waals surface area (Å²) in [5, 5.41) is 1.04. The molecule has 0 spiro atoms. The van der Waals surface area contributed by atoms with Crippen molar-refractivity contribution in [3.05, 3.63) is 29.5 Å². The standard InChI is InChI=1S/C11H10INOS2/c1-7-5-10(15-2)9(6-14)8-3-4-13(16-12)11(7)8/h3-6H,1-2H3. The lowest BCUT2D eigenvalue weighted by molar-refractivity contribution is 0.112. The Bertz CT molecular complexity index is 550. The van der Waals surface area contributed by atoms with Crippen molar-refractivity contribution < 1.29 is 4.79 Å². The maximum absolute atomic E-state index is 11.2. The van der Waals surface area contributed by atoms with E-state index in [4.69, 9.17) is 0 Å². The van der Waals surface area contributed by atoms with Crippen LogP contribution >= 0.6 is 42.1 Å². The molecule has 5 heteroatoms. The fourth-order valence-electron chi connectivity index (χ4n) is 1.84. The number of aldehydes is 1. The van der Waals surface area contributed by atoms with Crippen LogP contribution in [0.2, 0.25) is 0 Å². The zero-order chi connectivity index (χ0) is 11.7. The molecule has 0 saturated carbocycles. The maximum Gasteiger partial charge on any atom is 0.151 e. The van der Waals surface area contributed by atoms with E-state index in [9.17, 15) is 4.79 Å². The van der Waals surface area contributed by atoms with E-state index in [0.717, 1.165) is 27.6 Å². The topological polar surface area (TPSA) is 22.0 Å². The van der Waals surface area contributed by atoms with Crippen LogP contribution < -0.4 is 0 Å². The number of carbonyl (C=O) groups excluding carboxylic acids is 1. The Morgan fingerprint density at radius 1 is 1.50 bits per heavy atom. The number of hydrogen-bond donors (Lipinski definition) is 0. The van der Waals surface area contributed by atoms with Crippen molar-refractivity contribution in [1.82, 2.24) is 3.97 Å². The lowest BCUT2D eigenvalue weighted by Gasteiger charge is -2.08. The summed E-state index contributed by atoms with van der Waals surface area (Å²) < 4.78 is 2.09. The first-order chi connectivity index (χ1) is 7.72. The predicted molar refractivity (Wildman–Crippen MR) is 80.9 cm³/mol. The molecular formula is C11H10INOS2. The number of thioether (sulfide) groups is 1. The molecule has 0 unspecified atom stereocenters. The minimum atomic E-state index is 0.803. The van der Waals surface area contributed by atoms with Crippen LogP contribution in [0.1, 0.15) is 15.9 Å². The van der Waals surface area contributed by atoms with Crippen molar-refractivity contribution in [2.45, 2.75) is 11.8 Å². The number of rotatable bonds is 3. The van der Waals surface area contributed by atoms with Gasteiger partial charge in [-0.2, -0.15) is 0 Å². The van der Waals surface area contributed by atoms with Gasteiger partial charge in [0.25, 0.3) is 0 Å². The Morgan fingerprint density at radius 2 is 2.25 bits per heavy atom. The van der Waals surface area contributed by atoms with Gasteiger partial charge >= 0.3 is 0 Å². The number of nitrogens with zero attached hydrogens (tertiary/aromatic N) is 1. The van der Waals surface area contributed by atoms with Crippen LogP contribution in [0, 0.1) is 6.92 Å². The molecule has 0 bridgehead atoms. The summed E-state index contributed by atoms with van der Waals surface area (Å²) in [4.78, 5) is 12.2. The van der Waals surface area contributed by atoms with Gasteiger partial charge in [0.1, 0.15) is 0 Å². The van der Waals surface area contributed by atoms with Gasteiger partial charge in [-0.25, -0.2) is 0 Å². The van der Waals surface area contributed by atoms with E-state index in [0.29, 0.717) is 0 Å². The van der Waals surface area contributed by atoms with Crippen molar-refractivity contribution in [3.63, 3.8) is 0 Å². The SMILES string of the molecule is CSc1cc(C)c2c(ccn2SI)c1C=O. The molecule has 0 amide bonds. The highest BCUT2D eigenvalue weighted by Crippen LogP contribution is 2.33. The normalized spacial score (nSPS) is 10.9. The maximum atomic E-state index is 11.2. The molecule has 2 rings (SSSR count). The Morgan fingerprint density at radius 3 is 2.81 bits per heavy atom. The number of carbonyl (C=O) groups is 1. The monoisotopic (exact) mass is 363 g/mol. The average Bonchev–Trinajstić information content (AvgIpc) is 2.73. The van der Waals surface area contributed by atoms with E-state index in [1.807, 2.05) is 18.5 Å². The molecule has 1 aromatic heterocycles. The number of benzene rings is 1. The van der Waals surface area contributed by atoms with Gasteiger partial charge in [-0.05, 0) is 30.9 Å². The lowest BCUT2D eigenvalue weighted by atomic mass is 10.1. The molecule has 0 fully saturated rings. The zero-order valence-electron chi connectivity index (χ0n) is 8.86. The smallest absolute Gasteiger partial charge is 0.151 e. The Hall–Kier alpha value is -0.140. The highest BCUT2D eigenvalue weighted by molar-refractivity contribution is 14.2. The molecule has 2 aromatic rings. The second-order valence-corrected chi connectivity index (χ2v) is 5.96. The molecule has 0 aliphatic carbocycles. The van der Waals surface area contributed by atoms with Crippen LogP contribution in [0.25, 0.3) is 10.9 Å². The highest BCUT2D eigenvalue weighted by atomic mass is 127. The first-order valence-electron chi connectivity index (χ1n) is 4.65. The van der Waals surface area contributed by atoms with Gasteiger partial charge < -0.3 is 0 Å². The summed E-state index contributed by atoms with van der Waals surface area (Å²) in [7, 11) is 1.62. The number of hydrogen-bond acceptors (Lipinski definition) is 3. The number of aryl methyl sites for hydroxylation is 1.